The Bertz CT molecular complexity index is 609. The molecular formula is C19H29F3N4O. The van der Waals surface area contributed by atoms with E-state index in [2.05, 4.69) is 4.98 Å². The molecule has 2 aliphatic rings. The topological polar surface area (TPSA) is 41.4 Å². The molecule has 0 bridgehead atoms. The molecular weight excluding hydrogens is 357 g/mol. The number of hydrogen-bond acceptors (Lipinski definition) is 3. The molecule has 1 aromatic heterocycles. The molecule has 0 aliphatic carbocycles. The first-order valence-electron chi connectivity index (χ1n) is 9.80. The van der Waals surface area contributed by atoms with Gasteiger partial charge in [-0.05, 0) is 44.2 Å². The second kappa shape index (κ2) is 8.20. The minimum Gasteiger partial charge on any atom is -0.342 e. The number of imidazole rings is 1. The average Bonchev–Trinajstić information content (AvgIpc) is 3.13. The van der Waals surface area contributed by atoms with Crippen LogP contribution in [0.1, 0.15) is 39.0 Å². The maximum atomic E-state index is 12.8. The molecule has 1 aromatic rings. The molecule has 3 rings (SSSR count). The van der Waals surface area contributed by atoms with Crippen LogP contribution in [0.2, 0.25) is 0 Å². The summed E-state index contributed by atoms with van der Waals surface area (Å²) in [6.07, 6.45) is 5.37. The van der Waals surface area contributed by atoms with E-state index in [0.717, 1.165) is 45.3 Å². The van der Waals surface area contributed by atoms with Crippen LogP contribution in [0.25, 0.3) is 0 Å². The van der Waals surface area contributed by atoms with Crippen LogP contribution in [0.5, 0.6) is 0 Å². The summed E-state index contributed by atoms with van der Waals surface area (Å²) in [4.78, 5) is 20.2. The van der Waals surface area contributed by atoms with Crippen molar-refractivity contribution in [2.24, 2.45) is 11.3 Å². The number of likely N-dealkylation sites (tertiary alicyclic amines) is 2. The van der Waals surface area contributed by atoms with Crippen molar-refractivity contribution in [3.05, 3.63) is 18.7 Å². The second-order valence-corrected chi connectivity index (χ2v) is 8.21. The molecule has 27 heavy (non-hydrogen) atoms. The van der Waals surface area contributed by atoms with Crippen molar-refractivity contribution < 1.29 is 18.0 Å². The van der Waals surface area contributed by atoms with Crippen molar-refractivity contribution in [1.82, 2.24) is 19.4 Å². The fourth-order valence-corrected chi connectivity index (χ4v) is 4.28. The quantitative estimate of drug-likeness (QED) is 0.754. The smallest absolute Gasteiger partial charge is 0.342 e. The van der Waals surface area contributed by atoms with Gasteiger partial charge in [-0.3, -0.25) is 4.79 Å². The lowest BCUT2D eigenvalue weighted by atomic mass is 9.72. The molecule has 0 saturated carbocycles. The number of hydrogen-bond donors (Lipinski definition) is 0. The standard InChI is InChI=1S/C19H29F3N4O/c1-16(19(20,21)22)13-24-10-5-18(6-11-24)4-3-17(27)26(14-18)9-2-8-25-12-7-23-15-25/h7,12,15-16H,2-6,8-11,13-14H2,1H3/t16-/m0/s1. The van der Waals surface area contributed by atoms with Crippen LogP contribution in [0.3, 0.4) is 0 Å². The van der Waals surface area contributed by atoms with Crippen LogP contribution in [0, 0.1) is 11.3 Å². The van der Waals surface area contributed by atoms with Crippen LogP contribution in [0.15, 0.2) is 18.7 Å². The molecule has 8 heteroatoms. The highest BCUT2D eigenvalue weighted by Crippen LogP contribution is 2.40. The van der Waals surface area contributed by atoms with Crippen molar-refractivity contribution in [2.75, 3.05) is 32.7 Å². The van der Waals surface area contributed by atoms with Gasteiger partial charge in [0.15, 0.2) is 0 Å². The Balaban J connectivity index is 1.48. The van der Waals surface area contributed by atoms with Gasteiger partial charge in [0.1, 0.15) is 0 Å². The van der Waals surface area contributed by atoms with Crippen molar-refractivity contribution in [1.29, 1.82) is 0 Å². The minimum atomic E-state index is -4.13. The Morgan fingerprint density at radius 1 is 1.22 bits per heavy atom. The van der Waals surface area contributed by atoms with E-state index in [1.54, 1.807) is 12.5 Å². The lowest BCUT2D eigenvalue weighted by Crippen LogP contribution is -2.52. The van der Waals surface area contributed by atoms with E-state index in [0.29, 0.717) is 19.5 Å². The van der Waals surface area contributed by atoms with Gasteiger partial charge in [-0.15, -0.1) is 0 Å². The fourth-order valence-electron chi connectivity index (χ4n) is 4.28. The molecule has 1 spiro atoms. The number of nitrogens with zero attached hydrogens (tertiary/aromatic N) is 4. The zero-order valence-electron chi connectivity index (χ0n) is 15.9. The first-order chi connectivity index (χ1) is 12.8. The molecule has 2 saturated heterocycles. The van der Waals surface area contributed by atoms with Crippen molar-refractivity contribution in [2.45, 2.75) is 51.7 Å². The molecule has 152 valence electrons. The van der Waals surface area contributed by atoms with Gasteiger partial charge in [-0.25, -0.2) is 4.98 Å². The summed E-state index contributed by atoms with van der Waals surface area (Å²) in [5.41, 5.74) is 0.0842. The summed E-state index contributed by atoms with van der Waals surface area (Å²) in [7, 11) is 0. The highest BCUT2D eigenvalue weighted by molar-refractivity contribution is 5.77. The number of piperidine rings is 2. The van der Waals surface area contributed by atoms with Crippen molar-refractivity contribution >= 4 is 5.91 Å². The van der Waals surface area contributed by atoms with Gasteiger partial charge in [0, 0.05) is 45.0 Å². The lowest BCUT2D eigenvalue weighted by Gasteiger charge is -2.48. The number of amides is 1. The summed E-state index contributed by atoms with van der Waals surface area (Å²) in [6, 6.07) is 0. The molecule has 1 atom stereocenters. The molecule has 1 amide bonds. The van der Waals surface area contributed by atoms with E-state index < -0.39 is 12.1 Å². The highest BCUT2D eigenvalue weighted by atomic mass is 19.4. The zero-order chi connectivity index (χ0) is 19.5. The summed E-state index contributed by atoms with van der Waals surface area (Å²) >= 11 is 0. The van der Waals surface area contributed by atoms with Crippen molar-refractivity contribution in [3.63, 3.8) is 0 Å². The predicted octanol–water partition coefficient (Wildman–Crippen LogP) is 3.18. The Kier molecular flexibility index (Phi) is 6.13. The van der Waals surface area contributed by atoms with Gasteiger partial charge in [-0.2, -0.15) is 13.2 Å². The Hall–Kier alpha value is -1.57. The van der Waals surface area contributed by atoms with E-state index in [1.165, 1.54) is 6.92 Å². The van der Waals surface area contributed by atoms with Gasteiger partial charge in [0.05, 0.1) is 12.2 Å². The van der Waals surface area contributed by atoms with E-state index in [9.17, 15) is 18.0 Å². The Morgan fingerprint density at radius 2 is 1.96 bits per heavy atom. The molecule has 0 N–H and O–H groups in total. The second-order valence-electron chi connectivity index (χ2n) is 8.21. The summed E-state index contributed by atoms with van der Waals surface area (Å²) in [5, 5.41) is 0. The van der Waals surface area contributed by atoms with E-state index in [1.807, 2.05) is 20.6 Å². The van der Waals surface area contributed by atoms with Crippen LogP contribution >= 0.6 is 0 Å². The van der Waals surface area contributed by atoms with E-state index in [4.69, 9.17) is 0 Å². The molecule has 2 fully saturated rings. The van der Waals surface area contributed by atoms with Crippen LogP contribution in [0.4, 0.5) is 13.2 Å². The minimum absolute atomic E-state index is 0.0765. The highest BCUT2D eigenvalue weighted by Gasteiger charge is 2.42. The number of alkyl halides is 3. The van der Waals surface area contributed by atoms with Gasteiger partial charge in [-0.1, -0.05) is 6.92 Å². The number of rotatable bonds is 6. The third-order valence-electron chi connectivity index (χ3n) is 6.16. The van der Waals surface area contributed by atoms with Gasteiger partial charge < -0.3 is 14.4 Å². The van der Waals surface area contributed by atoms with Gasteiger partial charge >= 0.3 is 6.18 Å². The first-order valence-corrected chi connectivity index (χ1v) is 9.80. The Morgan fingerprint density at radius 3 is 2.59 bits per heavy atom. The average molecular weight is 386 g/mol. The third kappa shape index (κ3) is 5.24. The molecule has 3 heterocycles. The maximum Gasteiger partial charge on any atom is 0.392 e. The zero-order valence-corrected chi connectivity index (χ0v) is 15.9. The number of carbonyl (C=O) groups is 1. The van der Waals surface area contributed by atoms with Crippen LogP contribution in [-0.2, 0) is 11.3 Å². The number of aromatic nitrogens is 2. The largest absolute Gasteiger partial charge is 0.392 e. The maximum absolute atomic E-state index is 12.8. The molecule has 0 aromatic carbocycles. The third-order valence-corrected chi connectivity index (χ3v) is 6.16. The first kappa shape index (κ1) is 20.2. The lowest BCUT2D eigenvalue weighted by molar-refractivity contribution is -0.175. The normalized spacial score (nSPS) is 22.4. The predicted molar refractivity (Wildman–Crippen MR) is 96.0 cm³/mol. The van der Waals surface area contributed by atoms with Crippen molar-refractivity contribution in [3.8, 4) is 0 Å². The molecule has 0 radical (unpaired) electrons. The van der Waals surface area contributed by atoms with Crippen LogP contribution in [-0.4, -0.2) is 64.2 Å². The molecule has 2 aliphatic heterocycles. The van der Waals surface area contributed by atoms with E-state index in [-0.39, 0.29) is 17.9 Å². The summed E-state index contributed by atoms with van der Waals surface area (Å²) < 4.78 is 40.4. The summed E-state index contributed by atoms with van der Waals surface area (Å²) in [6.45, 7) is 5.03. The van der Waals surface area contributed by atoms with Gasteiger partial charge in [0.2, 0.25) is 5.91 Å². The fraction of sp³-hybridized carbons (Fsp3) is 0.789. The number of aryl methyl sites for hydroxylation is 1. The van der Waals surface area contributed by atoms with Gasteiger partial charge in [0.25, 0.3) is 0 Å². The monoisotopic (exact) mass is 386 g/mol. The molecule has 0 unspecified atom stereocenters. The Labute approximate surface area is 158 Å². The number of halogens is 3. The molecule has 5 nitrogen and oxygen atoms in total. The SMILES string of the molecule is C[C@@H](CN1CCC2(CCC(=O)N(CCCn3ccnc3)C2)CC1)C(F)(F)F. The van der Waals surface area contributed by atoms with Crippen LogP contribution < -0.4 is 0 Å². The van der Waals surface area contributed by atoms with E-state index >= 15 is 0 Å². The summed E-state index contributed by atoms with van der Waals surface area (Å²) in [5.74, 6) is -1.08. The number of carbonyl (C=O) groups excluding carboxylic acids is 1.